The van der Waals surface area contributed by atoms with Crippen LogP contribution in [0.3, 0.4) is 0 Å². The normalized spacial score (nSPS) is 18.8. The Bertz CT molecular complexity index is 830. The molecule has 1 atom stereocenters. The maximum absolute atomic E-state index is 13.6. The molecule has 1 aromatic carbocycles. The highest BCUT2D eigenvalue weighted by Crippen LogP contribution is 2.31. The first kappa shape index (κ1) is 17.1. The van der Waals surface area contributed by atoms with E-state index in [0.29, 0.717) is 30.8 Å². The van der Waals surface area contributed by atoms with Crippen molar-refractivity contribution >= 4 is 5.91 Å². The number of likely N-dealkylation sites (tertiary alicyclic amines) is 1. The Morgan fingerprint density at radius 2 is 1.96 bits per heavy atom. The molecule has 0 aliphatic carbocycles. The number of rotatable bonds is 3. The van der Waals surface area contributed by atoms with E-state index in [2.05, 4.69) is 10.1 Å². The third-order valence-electron chi connectivity index (χ3n) is 5.37. The molecule has 1 amide bonds. The number of carbonyl (C=O) groups excluding carboxylic acids is 1. The van der Waals surface area contributed by atoms with Crippen LogP contribution in [0.5, 0.6) is 0 Å². The molecule has 1 fully saturated rings. The Morgan fingerprint density at radius 3 is 2.69 bits per heavy atom. The smallest absolute Gasteiger partial charge is 0.239 e. The van der Waals surface area contributed by atoms with Crippen LogP contribution in [0.15, 0.2) is 22.7 Å². The van der Waals surface area contributed by atoms with Crippen LogP contribution in [0.2, 0.25) is 0 Å². The van der Waals surface area contributed by atoms with Crippen molar-refractivity contribution in [3.8, 4) is 11.3 Å². The largest absolute Gasteiger partial charge is 0.360 e. The van der Waals surface area contributed by atoms with Crippen LogP contribution in [-0.2, 0) is 17.8 Å². The van der Waals surface area contributed by atoms with E-state index < -0.39 is 11.6 Å². The molecule has 4 rings (SSSR count). The van der Waals surface area contributed by atoms with Crippen LogP contribution in [0, 0.1) is 11.6 Å². The van der Waals surface area contributed by atoms with E-state index in [1.807, 2.05) is 11.8 Å². The molecular weight excluding hydrogens is 340 g/mol. The first-order chi connectivity index (χ1) is 12.5. The molecule has 0 N–H and O–H groups in total. The van der Waals surface area contributed by atoms with Gasteiger partial charge in [0.2, 0.25) is 5.91 Å². The van der Waals surface area contributed by atoms with Crippen molar-refractivity contribution in [1.29, 1.82) is 0 Å². The van der Waals surface area contributed by atoms with E-state index in [1.54, 1.807) is 0 Å². The second-order valence-electron chi connectivity index (χ2n) is 6.99. The number of halogens is 2. The molecule has 1 saturated heterocycles. The lowest BCUT2D eigenvalue weighted by atomic mass is 10.00. The maximum Gasteiger partial charge on any atom is 0.239 e. The molecular formula is C19H21F2N3O2. The summed E-state index contributed by atoms with van der Waals surface area (Å²) in [5, 5.41) is 4.07. The molecule has 138 valence electrons. The highest BCUT2D eigenvalue weighted by molar-refractivity contribution is 5.81. The van der Waals surface area contributed by atoms with Crippen molar-refractivity contribution in [3.05, 3.63) is 41.2 Å². The summed E-state index contributed by atoms with van der Waals surface area (Å²) >= 11 is 0. The number of hydrogen-bond acceptors (Lipinski definition) is 4. The maximum atomic E-state index is 13.6. The molecule has 5 nitrogen and oxygen atoms in total. The standard InChI is InChI=1S/C19H21F2N3O2/c1-12(19(25)23-7-2-3-8-23)24-9-6-17-14(11-24)18(22-26-17)13-4-5-15(20)16(21)10-13/h4-5,10,12H,2-3,6-9,11H2,1H3/t12-/m0/s1. The molecule has 2 aromatic rings. The van der Waals surface area contributed by atoms with Crippen molar-refractivity contribution in [3.63, 3.8) is 0 Å². The molecule has 0 radical (unpaired) electrons. The summed E-state index contributed by atoms with van der Waals surface area (Å²) in [5.41, 5.74) is 1.85. The monoisotopic (exact) mass is 361 g/mol. The SMILES string of the molecule is C[C@@H](C(=O)N1CCCC1)N1CCc2onc(-c3ccc(F)c(F)c3)c2C1. The molecule has 0 spiro atoms. The van der Waals surface area contributed by atoms with E-state index in [9.17, 15) is 13.6 Å². The molecule has 2 aliphatic heterocycles. The van der Waals surface area contributed by atoms with Crippen LogP contribution in [0.4, 0.5) is 8.78 Å². The van der Waals surface area contributed by atoms with Crippen LogP contribution in [0.1, 0.15) is 31.1 Å². The summed E-state index contributed by atoms with van der Waals surface area (Å²) in [6.45, 7) is 4.80. The Kier molecular flexibility index (Phi) is 4.48. The van der Waals surface area contributed by atoms with Gasteiger partial charge in [-0.05, 0) is 38.0 Å². The zero-order valence-corrected chi connectivity index (χ0v) is 14.7. The van der Waals surface area contributed by atoms with Gasteiger partial charge in [0.25, 0.3) is 0 Å². The average Bonchev–Trinajstić information content (AvgIpc) is 3.32. The highest BCUT2D eigenvalue weighted by Gasteiger charge is 2.32. The van der Waals surface area contributed by atoms with Gasteiger partial charge in [-0.2, -0.15) is 0 Å². The van der Waals surface area contributed by atoms with Gasteiger partial charge < -0.3 is 9.42 Å². The van der Waals surface area contributed by atoms with Crippen molar-refractivity contribution in [1.82, 2.24) is 15.0 Å². The molecule has 0 saturated carbocycles. The summed E-state index contributed by atoms with van der Waals surface area (Å²) < 4.78 is 32.2. The van der Waals surface area contributed by atoms with Gasteiger partial charge in [0.1, 0.15) is 11.5 Å². The summed E-state index contributed by atoms with van der Waals surface area (Å²) in [6, 6.07) is 3.49. The van der Waals surface area contributed by atoms with E-state index in [0.717, 1.165) is 49.4 Å². The van der Waals surface area contributed by atoms with Crippen molar-refractivity contribution < 1.29 is 18.1 Å². The number of hydrogen-bond donors (Lipinski definition) is 0. The topological polar surface area (TPSA) is 49.6 Å². The number of nitrogens with zero attached hydrogens (tertiary/aromatic N) is 3. The second-order valence-corrected chi connectivity index (χ2v) is 6.99. The minimum atomic E-state index is -0.913. The molecule has 26 heavy (non-hydrogen) atoms. The van der Waals surface area contributed by atoms with E-state index >= 15 is 0 Å². The third-order valence-corrected chi connectivity index (χ3v) is 5.37. The van der Waals surface area contributed by atoms with Crippen LogP contribution in [-0.4, -0.2) is 46.5 Å². The Balaban J connectivity index is 1.57. The third kappa shape index (κ3) is 3.00. The minimum absolute atomic E-state index is 0.150. The van der Waals surface area contributed by atoms with Gasteiger partial charge in [-0.15, -0.1) is 0 Å². The molecule has 2 aliphatic rings. The van der Waals surface area contributed by atoms with E-state index in [-0.39, 0.29) is 11.9 Å². The predicted molar refractivity (Wildman–Crippen MR) is 91.2 cm³/mol. The van der Waals surface area contributed by atoms with Crippen LogP contribution >= 0.6 is 0 Å². The number of amides is 1. The fraction of sp³-hybridized carbons (Fsp3) is 0.474. The number of aromatic nitrogens is 1. The van der Waals surface area contributed by atoms with Gasteiger partial charge >= 0.3 is 0 Å². The fourth-order valence-electron chi connectivity index (χ4n) is 3.79. The Morgan fingerprint density at radius 1 is 1.19 bits per heavy atom. The average molecular weight is 361 g/mol. The van der Waals surface area contributed by atoms with Gasteiger partial charge in [0.15, 0.2) is 11.6 Å². The lowest BCUT2D eigenvalue weighted by Crippen LogP contribution is -2.47. The van der Waals surface area contributed by atoms with Gasteiger partial charge in [-0.3, -0.25) is 9.69 Å². The summed E-state index contributed by atoms with van der Waals surface area (Å²) in [4.78, 5) is 16.7. The molecule has 1 aromatic heterocycles. The highest BCUT2D eigenvalue weighted by atomic mass is 19.2. The van der Waals surface area contributed by atoms with E-state index in [4.69, 9.17) is 4.52 Å². The predicted octanol–water partition coefficient (Wildman–Crippen LogP) is 2.99. The molecule has 7 heteroatoms. The molecule has 3 heterocycles. The quantitative estimate of drug-likeness (QED) is 0.843. The first-order valence-electron chi connectivity index (χ1n) is 9.00. The zero-order chi connectivity index (χ0) is 18.3. The van der Waals surface area contributed by atoms with Crippen molar-refractivity contribution in [2.75, 3.05) is 19.6 Å². The van der Waals surface area contributed by atoms with Gasteiger partial charge in [-0.1, -0.05) is 5.16 Å². The number of carbonyl (C=O) groups is 1. The van der Waals surface area contributed by atoms with Crippen LogP contribution < -0.4 is 0 Å². The first-order valence-corrected chi connectivity index (χ1v) is 9.00. The number of benzene rings is 1. The summed E-state index contributed by atoms with van der Waals surface area (Å²) in [7, 11) is 0. The minimum Gasteiger partial charge on any atom is -0.360 e. The van der Waals surface area contributed by atoms with E-state index in [1.165, 1.54) is 6.07 Å². The fourth-order valence-corrected chi connectivity index (χ4v) is 3.79. The second kappa shape index (κ2) is 6.79. The summed E-state index contributed by atoms with van der Waals surface area (Å²) in [6.07, 6.45) is 2.77. The Labute approximate surface area is 150 Å². The van der Waals surface area contributed by atoms with Crippen molar-refractivity contribution in [2.45, 2.75) is 38.8 Å². The number of fused-ring (bicyclic) bond motifs is 1. The van der Waals surface area contributed by atoms with Gasteiger partial charge in [0.05, 0.1) is 6.04 Å². The van der Waals surface area contributed by atoms with Gasteiger partial charge in [-0.25, -0.2) is 8.78 Å². The lowest BCUT2D eigenvalue weighted by Gasteiger charge is -2.33. The Hall–Kier alpha value is -2.28. The zero-order valence-electron chi connectivity index (χ0n) is 14.7. The summed E-state index contributed by atoms with van der Waals surface area (Å²) in [5.74, 6) is -0.902. The molecule has 0 bridgehead atoms. The van der Waals surface area contributed by atoms with Gasteiger partial charge in [0, 0.05) is 43.7 Å². The molecule has 0 unspecified atom stereocenters. The van der Waals surface area contributed by atoms with Crippen molar-refractivity contribution in [2.24, 2.45) is 0 Å². The van der Waals surface area contributed by atoms with Crippen LogP contribution in [0.25, 0.3) is 11.3 Å². The lowest BCUT2D eigenvalue weighted by molar-refractivity contribution is -0.135.